The molecule has 0 N–H and O–H groups in total. The summed E-state index contributed by atoms with van der Waals surface area (Å²) in [5.74, 6) is 2.16. The number of anilines is 2. The second-order valence-electron chi connectivity index (χ2n) is 8.32. The van der Waals surface area contributed by atoms with Crippen LogP contribution in [0.25, 0.3) is 0 Å². The molecule has 33 heavy (non-hydrogen) atoms. The number of fused-ring (bicyclic) bond motifs is 1. The number of carbonyl (C=O) groups is 1. The molecular formula is C24H27N5O4. The third-order valence-electron chi connectivity index (χ3n) is 6.09. The average molecular weight is 450 g/mol. The van der Waals surface area contributed by atoms with Crippen LogP contribution in [-0.4, -0.2) is 64.8 Å². The Morgan fingerprint density at radius 1 is 1.21 bits per heavy atom. The van der Waals surface area contributed by atoms with Gasteiger partial charge in [0, 0.05) is 31.6 Å². The average Bonchev–Trinajstić information content (AvgIpc) is 3.47. The number of hydrogen-bond acceptors (Lipinski definition) is 7. The lowest BCUT2D eigenvalue weighted by molar-refractivity contribution is 0.0763. The smallest absolute Gasteiger partial charge is 0.272 e. The third kappa shape index (κ3) is 4.06. The molecule has 0 aliphatic carbocycles. The van der Waals surface area contributed by atoms with Crippen LogP contribution in [-0.2, 0) is 7.05 Å². The van der Waals surface area contributed by atoms with Crippen LogP contribution in [0.15, 0.2) is 43.0 Å². The fourth-order valence-corrected chi connectivity index (χ4v) is 4.37. The van der Waals surface area contributed by atoms with Crippen LogP contribution in [0.2, 0.25) is 0 Å². The lowest BCUT2D eigenvalue weighted by Gasteiger charge is -2.32. The maximum atomic E-state index is 12.8. The molecule has 1 aromatic carbocycles. The van der Waals surface area contributed by atoms with Gasteiger partial charge >= 0.3 is 0 Å². The van der Waals surface area contributed by atoms with E-state index in [2.05, 4.69) is 20.9 Å². The molecule has 9 nitrogen and oxygen atoms in total. The first-order valence-electron chi connectivity index (χ1n) is 11.0. The Kier molecular flexibility index (Phi) is 5.53. The van der Waals surface area contributed by atoms with Crippen molar-refractivity contribution in [1.29, 1.82) is 0 Å². The molecule has 1 unspecified atom stereocenters. The highest BCUT2D eigenvalue weighted by Crippen LogP contribution is 2.40. The first-order chi connectivity index (χ1) is 16.0. The highest BCUT2D eigenvalue weighted by atomic mass is 16.5. The predicted octanol–water partition coefficient (Wildman–Crippen LogP) is 2.96. The molecule has 1 atom stereocenters. The van der Waals surface area contributed by atoms with Crippen molar-refractivity contribution in [1.82, 2.24) is 19.4 Å². The van der Waals surface area contributed by atoms with Gasteiger partial charge in [0.1, 0.15) is 29.9 Å². The molecule has 172 valence electrons. The summed E-state index contributed by atoms with van der Waals surface area (Å²) in [4.78, 5) is 25.2. The van der Waals surface area contributed by atoms with Gasteiger partial charge in [0.05, 0.1) is 50.3 Å². The largest absolute Gasteiger partial charge is 0.490 e. The van der Waals surface area contributed by atoms with E-state index in [-0.39, 0.29) is 12.0 Å². The van der Waals surface area contributed by atoms with E-state index in [0.29, 0.717) is 37.8 Å². The zero-order chi connectivity index (χ0) is 22.9. The molecule has 1 amide bonds. The van der Waals surface area contributed by atoms with E-state index >= 15 is 0 Å². The lowest BCUT2D eigenvalue weighted by Crippen LogP contribution is -2.32. The van der Waals surface area contributed by atoms with Gasteiger partial charge in [-0.05, 0) is 25.1 Å². The van der Waals surface area contributed by atoms with Crippen LogP contribution in [0.4, 0.5) is 11.4 Å². The third-order valence-corrected chi connectivity index (χ3v) is 6.09. The number of nitrogens with zero attached hydrogens (tertiary/aromatic N) is 5. The van der Waals surface area contributed by atoms with Gasteiger partial charge in [-0.25, -0.2) is 9.97 Å². The highest BCUT2D eigenvalue weighted by Gasteiger charge is 2.30. The maximum absolute atomic E-state index is 12.8. The number of ether oxygens (including phenoxy) is 3. The number of imidazole rings is 1. The summed E-state index contributed by atoms with van der Waals surface area (Å²) < 4.78 is 19.2. The summed E-state index contributed by atoms with van der Waals surface area (Å²) in [5.41, 5.74) is 3.47. The maximum Gasteiger partial charge on any atom is 0.272 e. The molecule has 2 aliphatic heterocycles. The van der Waals surface area contributed by atoms with Crippen LogP contribution in [0, 0.1) is 6.92 Å². The summed E-state index contributed by atoms with van der Waals surface area (Å²) in [7, 11) is 3.45. The predicted molar refractivity (Wildman–Crippen MR) is 123 cm³/mol. The molecule has 1 saturated heterocycles. The number of benzene rings is 1. The van der Waals surface area contributed by atoms with E-state index in [1.54, 1.807) is 24.2 Å². The van der Waals surface area contributed by atoms with Gasteiger partial charge in [-0.1, -0.05) is 0 Å². The fourth-order valence-electron chi connectivity index (χ4n) is 4.37. The van der Waals surface area contributed by atoms with E-state index in [0.717, 1.165) is 34.9 Å². The zero-order valence-corrected chi connectivity index (χ0v) is 19.0. The molecule has 0 saturated carbocycles. The second-order valence-corrected chi connectivity index (χ2v) is 8.32. The van der Waals surface area contributed by atoms with Crippen LogP contribution in [0.5, 0.6) is 17.4 Å². The summed E-state index contributed by atoms with van der Waals surface area (Å²) in [6.45, 7) is 4.48. The Bertz CT molecular complexity index is 1180. The van der Waals surface area contributed by atoms with Crippen molar-refractivity contribution in [2.45, 2.75) is 19.4 Å². The van der Waals surface area contributed by atoms with Crippen molar-refractivity contribution in [2.75, 3.05) is 38.3 Å². The Hall–Kier alpha value is -3.75. The minimum atomic E-state index is -0.0666. The minimum Gasteiger partial charge on any atom is -0.490 e. The monoisotopic (exact) mass is 449 g/mol. The Labute approximate surface area is 192 Å². The molecule has 9 heteroatoms. The number of methoxy groups -OCH3 is 1. The zero-order valence-electron chi connectivity index (χ0n) is 19.0. The van der Waals surface area contributed by atoms with Gasteiger partial charge in [0.15, 0.2) is 0 Å². The molecule has 1 fully saturated rings. The quantitative estimate of drug-likeness (QED) is 0.592. The van der Waals surface area contributed by atoms with E-state index in [9.17, 15) is 4.79 Å². The van der Waals surface area contributed by atoms with Crippen molar-refractivity contribution in [2.24, 2.45) is 7.05 Å². The molecule has 5 rings (SSSR count). The summed E-state index contributed by atoms with van der Waals surface area (Å²) in [6.07, 6.45) is 5.76. The number of rotatable bonds is 5. The number of amides is 1. The van der Waals surface area contributed by atoms with Gasteiger partial charge in [-0.3, -0.25) is 4.79 Å². The number of hydrogen-bond donors (Lipinski definition) is 0. The van der Waals surface area contributed by atoms with Crippen molar-refractivity contribution in [3.8, 4) is 17.4 Å². The highest BCUT2D eigenvalue weighted by molar-refractivity contribution is 5.92. The molecule has 4 heterocycles. The Morgan fingerprint density at radius 2 is 2.09 bits per heavy atom. The molecule has 0 spiro atoms. The van der Waals surface area contributed by atoms with Gasteiger partial charge in [0.2, 0.25) is 5.88 Å². The number of aromatic nitrogens is 3. The van der Waals surface area contributed by atoms with Gasteiger partial charge in [-0.2, -0.15) is 0 Å². The number of pyridine rings is 1. The van der Waals surface area contributed by atoms with Crippen LogP contribution < -0.4 is 19.1 Å². The second kappa shape index (κ2) is 8.65. The van der Waals surface area contributed by atoms with Crippen molar-refractivity contribution in [3.63, 3.8) is 0 Å². The molecular weight excluding hydrogens is 422 g/mol. The molecule has 0 radical (unpaired) electrons. The molecule has 0 bridgehead atoms. The van der Waals surface area contributed by atoms with E-state index < -0.39 is 0 Å². The molecule has 2 aliphatic rings. The van der Waals surface area contributed by atoms with Crippen LogP contribution in [0.1, 0.15) is 22.5 Å². The van der Waals surface area contributed by atoms with Gasteiger partial charge in [0.25, 0.3) is 5.91 Å². The summed E-state index contributed by atoms with van der Waals surface area (Å²) in [5, 5.41) is 0. The molecule has 2 aromatic heterocycles. The van der Waals surface area contributed by atoms with Crippen molar-refractivity contribution < 1.29 is 19.0 Å². The number of aryl methyl sites for hydroxylation is 2. The Morgan fingerprint density at radius 3 is 2.85 bits per heavy atom. The van der Waals surface area contributed by atoms with Gasteiger partial charge < -0.3 is 28.6 Å². The standard InChI is InChI=1S/C24H27N5O4/c1-16-10-17(12-26-23(16)31-3)29-8-9-32-22-5-4-18(11-20(22)29)33-19-6-7-28(14-19)24(30)21-13-25-15-27(21)2/h4-5,10-13,15,19H,6-9,14H2,1-3H3. The van der Waals surface area contributed by atoms with Crippen LogP contribution >= 0.6 is 0 Å². The number of carbonyl (C=O) groups excluding carboxylic acids is 1. The normalized spacial score (nSPS) is 17.5. The van der Waals surface area contributed by atoms with E-state index in [1.807, 2.05) is 43.3 Å². The molecule has 3 aromatic rings. The van der Waals surface area contributed by atoms with Crippen molar-refractivity contribution >= 4 is 17.3 Å². The topological polar surface area (TPSA) is 82.0 Å². The van der Waals surface area contributed by atoms with E-state index in [4.69, 9.17) is 14.2 Å². The summed E-state index contributed by atoms with van der Waals surface area (Å²) >= 11 is 0. The Balaban J connectivity index is 1.32. The SMILES string of the molecule is COc1ncc(N2CCOc3ccc(OC4CCN(C(=O)c5cncn5C)C4)cc32)cc1C. The first-order valence-corrected chi connectivity index (χ1v) is 11.0. The van der Waals surface area contributed by atoms with Crippen LogP contribution in [0.3, 0.4) is 0 Å². The minimum absolute atomic E-state index is 0.0199. The summed E-state index contributed by atoms with van der Waals surface area (Å²) in [6, 6.07) is 7.92. The lowest BCUT2D eigenvalue weighted by atomic mass is 10.2. The van der Waals surface area contributed by atoms with E-state index in [1.165, 1.54) is 0 Å². The van der Waals surface area contributed by atoms with Gasteiger partial charge in [-0.15, -0.1) is 0 Å². The number of likely N-dealkylation sites (tertiary alicyclic amines) is 1. The van der Waals surface area contributed by atoms with Crippen molar-refractivity contribution in [3.05, 3.63) is 54.2 Å². The first kappa shape index (κ1) is 21.1. The fraction of sp³-hybridized carbons (Fsp3) is 0.375.